The molecule has 0 spiro atoms. The van der Waals surface area contributed by atoms with Gasteiger partial charge in [0.15, 0.2) is 5.96 Å². The zero-order valence-corrected chi connectivity index (χ0v) is 18.5. The topological polar surface area (TPSA) is 84.0 Å². The second-order valence-corrected chi connectivity index (χ2v) is 6.07. The number of carbonyl (C=O) groups excluding carboxylic acids is 1. The van der Waals surface area contributed by atoms with Gasteiger partial charge >= 0.3 is 0 Å². The third kappa shape index (κ3) is 9.23. The third-order valence-electron chi connectivity index (χ3n) is 3.57. The summed E-state index contributed by atoms with van der Waals surface area (Å²) < 4.78 is 10.4. The molecule has 3 N–H and O–H groups in total. The van der Waals surface area contributed by atoms with E-state index in [1.807, 2.05) is 20.8 Å². The fraction of sp³-hybridized carbons (Fsp3) is 0.556. The summed E-state index contributed by atoms with van der Waals surface area (Å²) in [4.78, 5) is 16.6. The molecule has 0 aliphatic carbocycles. The lowest BCUT2D eigenvalue weighted by molar-refractivity contribution is 0.0310. The summed E-state index contributed by atoms with van der Waals surface area (Å²) >= 11 is 0. The number of guanidine groups is 1. The van der Waals surface area contributed by atoms with Crippen LogP contribution >= 0.6 is 24.0 Å². The second kappa shape index (κ2) is 12.7. The third-order valence-corrected chi connectivity index (χ3v) is 3.57. The normalized spacial score (nSPS) is 11.3. The van der Waals surface area contributed by atoms with Crippen LogP contribution < -0.4 is 20.7 Å². The van der Waals surface area contributed by atoms with Crippen molar-refractivity contribution in [1.82, 2.24) is 16.0 Å². The Kier molecular flexibility index (Phi) is 12.0. The zero-order valence-electron chi connectivity index (χ0n) is 16.2. The highest BCUT2D eigenvalue weighted by Crippen LogP contribution is 2.10. The van der Waals surface area contributed by atoms with Gasteiger partial charge in [-0.2, -0.15) is 0 Å². The molecule has 0 bridgehead atoms. The van der Waals surface area contributed by atoms with Crippen LogP contribution in [0.4, 0.5) is 0 Å². The van der Waals surface area contributed by atoms with Crippen LogP contribution in [-0.2, 0) is 4.74 Å². The molecule has 0 saturated heterocycles. The van der Waals surface area contributed by atoms with Gasteiger partial charge in [0.1, 0.15) is 5.75 Å². The van der Waals surface area contributed by atoms with Gasteiger partial charge in [-0.3, -0.25) is 9.79 Å². The Labute approximate surface area is 173 Å². The van der Waals surface area contributed by atoms with Crippen LogP contribution in [0.3, 0.4) is 0 Å². The lowest BCUT2D eigenvalue weighted by Crippen LogP contribution is -2.42. The molecule has 0 saturated carbocycles. The maximum Gasteiger partial charge on any atom is 0.251 e. The second-order valence-electron chi connectivity index (χ2n) is 6.07. The molecule has 1 rings (SSSR count). The Hall–Kier alpha value is -1.55. The van der Waals surface area contributed by atoms with Crippen molar-refractivity contribution in [3.8, 4) is 5.75 Å². The number of amides is 1. The summed E-state index contributed by atoms with van der Waals surface area (Å²) in [7, 11) is 3.27. The number of hydrogen-bond acceptors (Lipinski definition) is 4. The quantitative estimate of drug-likeness (QED) is 0.219. The van der Waals surface area contributed by atoms with Crippen molar-refractivity contribution in [2.45, 2.75) is 26.4 Å². The fourth-order valence-corrected chi connectivity index (χ4v) is 1.88. The Morgan fingerprint density at radius 3 is 2.23 bits per heavy atom. The lowest BCUT2D eigenvalue weighted by Gasteiger charge is -2.21. The van der Waals surface area contributed by atoms with E-state index in [-0.39, 0.29) is 35.5 Å². The molecule has 1 aromatic carbocycles. The van der Waals surface area contributed by atoms with Gasteiger partial charge in [0.05, 0.1) is 19.3 Å². The molecule has 0 atom stereocenters. The molecule has 0 unspecified atom stereocenters. The van der Waals surface area contributed by atoms with Crippen molar-refractivity contribution >= 4 is 35.8 Å². The predicted octanol–water partition coefficient (Wildman–Crippen LogP) is 2.02. The molecule has 8 heteroatoms. The molecule has 0 aliphatic heterocycles. The van der Waals surface area contributed by atoms with Crippen LogP contribution in [0.25, 0.3) is 0 Å². The van der Waals surface area contributed by atoms with Crippen LogP contribution in [0.5, 0.6) is 5.75 Å². The number of halogens is 1. The van der Waals surface area contributed by atoms with Gasteiger partial charge < -0.3 is 25.4 Å². The minimum Gasteiger partial charge on any atom is -0.497 e. The first kappa shape index (κ1) is 24.5. The van der Waals surface area contributed by atoms with Crippen molar-refractivity contribution < 1.29 is 14.3 Å². The van der Waals surface area contributed by atoms with Gasteiger partial charge in [-0.1, -0.05) is 0 Å². The SMILES string of the molecule is CCNC(=NCC(C)(C)OC)NCCNC(=O)c1ccc(OC)cc1.I. The van der Waals surface area contributed by atoms with E-state index in [0.29, 0.717) is 31.2 Å². The average molecular weight is 478 g/mol. The first-order valence-electron chi connectivity index (χ1n) is 8.41. The minimum atomic E-state index is -0.315. The molecular formula is C18H31IN4O3. The number of aliphatic imine (C=N–C) groups is 1. The maximum absolute atomic E-state index is 12.1. The summed E-state index contributed by atoms with van der Waals surface area (Å²) in [5.41, 5.74) is 0.286. The largest absolute Gasteiger partial charge is 0.497 e. The summed E-state index contributed by atoms with van der Waals surface area (Å²) in [6.45, 7) is 8.33. The van der Waals surface area contributed by atoms with E-state index < -0.39 is 0 Å². The lowest BCUT2D eigenvalue weighted by atomic mass is 10.1. The number of nitrogens with zero attached hydrogens (tertiary/aromatic N) is 1. The maximum atomic E-state index is 12.1. The number of benzene rings is 1. The van der Waals surface area contributed by atoms with E-state index >= 15 is 0 Å². The minimum absolute atomic E-state index is 0. The number of ether oxygens (including phenoxy) is 2. The molecule has 26 heavy (non-hydrogen) atoms. The average Bonchev–Trinajstić information content (AvgIpc) is 2.63. The Morgan fingerprint density at radius 2 is 1.69 bits per heavy atom. The van der Waals surface area contributed by atoms with Crippen molar-refractivity contribution in [2.24, 2.45) is 4.99 Å². The molecule has 1 amide bonds. The summed E-state index contributed by atoms with van der Waals surface area (Å²) in [5, 5.41) is 9.23. The van der Waals surface area contributed by atoms with E-state index in [2.05, 4.69) is 20.9 Å². The van der Waals surface area contributed by atoms with Gasteiger partial charge in [-0.15, -0.1) is 24.0 Å². The van der Waals surface area contributed by atoms with Crippen molar-refractivity contribution in [2.75, 3.05) is 40.4 Å². The summed E-state index contributed by atoms with van der Waals surface area (Å²) in [6, 6.07) is 7.00. The van der Waals surface area contributed by atoms with Crippen molar-refractivity contribution in [3.63, 3.8) is 0 Å². The molecular weight excluding hydrogens is 447 g/mol. The number of rotatable bonds is 9. The molecule has 0 radical (unpaired) electrons. The standard InChI is InChI=1S/C18H30N4O3.HI/c1-6-19-17(22-13-18(2,3)25-5)21-12-11-20-16(23)14-7-9-15(24-4)10-8-14;/h7-10H,6,11-13H2,1-5H3,(H,20,23)(H2,19,21,22);1H. The molecule has 7 nitrogen and oxygen atoms in total. The van der Waals surface area contributed by atoms with Crippen molar-refractivity contribution in [1.29, 1.82) is 0 Å². The first-order chi connectivity index (χ1) is 11.9. The number of nitrogens with one attached hydrogen (secondary N) is 3. The van der Waals surface area contributed by atoms with Crippen LogP contribution in [0, 0.1) is 0 Å². The van der Waals surface area contributed by atoms with E-state index in [1.165, 1.54) is 0 Å². The number of carbonyl (C=O) groups is 1. The van der Waals surface area contributed by atoms with Crippen LogP contribution in [0.15, 0.2) is 29.3 Å². The van der Waals surface area contributed by atoms with Crippen molar-refractivity contribution in [3.05, 3.63) is 29.8 Å². The molecule has 0 heterocycles. The van der Waals surface area contributed by atoms with Crippen LogP contribution in [-0.4, -0.2) is 57.9 Å². The highest BCUT2D eigenvalue weighted by molar-refractivity contribution is 14.0. The number of methoxy groups -OCH3 is 2. The van der Waals surface area contributed by atoms with Crippen LogP contribution in [0.2, 0.25) is 0 Å². The fourth-order valence-electron chi connectivity index (χ4n) is 1.88. The van der Waals surface area contributed by atoms with Crippen LogP contribution in [0.1, 0.15) is 31.1 Å². The van der Waals surface area contributed by atoms with E-state index in [0.717, 1.165) is 12.3 Å². The van der Waals surface area contributed by atoms with E-state index in [9.17, 15) is 4.79 Å². The highest BCUT2D eigenvalue weighted by atomic mass is 127. The monoisotopic (exact) mass is 478 g/mol. The summed E-state index contributed by atoms with van der Waals surface area (Å²) in [5.74, 6) is 1.31. The van der Waals surface area contributed by atoms with E-state index in [4.69, 9.17) is 9.47 Å². The van der Waals surface area contributed by atoms with Gasteiger partial charge in [-0.05, 0) is 45.0 Å². The zero-order chi connectivity index (χ0) is 18.7. The first-order valence-corrected chi connectivity index (χ1v) is 8.41. The summed E-state index contributed by atoms with van der Waals surface area (Å²) in [6.07, 6.45) is 0. The number of hydrogen-bond donors (Lipinski definition) is 3. The Bertz CT molecular complexity index is 562. The van der Waals surface area contributed by atoms with E-state index in [1.54, 1.807) is 38.5 Å². The Morgan fingerprint density at radius 1 is 1.08 bits per heavy atom. The van der Waals surface area contributed by atoms with Gasteiger partial charge in [0.2, 0.25) is 0 Å². The highest BCUT2D eigenvalue weighted by Gasteiger charge is 2.15. The molecule has 0 aromatic heterocycles. The Balaban J connectivity index is 0.00000625. The molecule has 0 fully saturated rings. The predicted molar refractivity (Wildman–Crippen MR) is 116 cm³/mol. The van der Waals surface area contributed by atoms with Gasteiger partial charge in [0.25, 0.3) is 5.91 Å². The van der Waals surface area contributed by atoms with Gasteiger partial charge in [0, 0.05) is 32.3 Å². The molecule has 1 aromatic rings. The molecule has 0 aliphatic rings. The molecule has 148 valence electrons. The smallest absolute Gasteiger partial charge is 0.251 e. The van der Waals surface area contributed by atoms with Gasteiger partial charge in [-0.25, -0.2) is 0 Å².